The molecule has 170 valence electrons. The Bertz CT molecular complexity index is 1020. The van der Waals surface area contributed by atoms with Gasteiger partial charge in [-0.3, -0.25) is 14.9 Å². The van der Waals surface area contributed by atoms with Gasteiger partial charge in [-0.2, -0.15) is 4.98 Å². The molecule has 1 aliphatic heterocycles. The number of fused-ring (bicyclic) bond motifs is 1. The van der Waals surface area contributed by atoms with Crippen LogP contribution in [0.15, 0.2) is 30.5 Å². The molecule has 4 rings (SSSR count). The van der Waals surface area contributed by atoms with Gasteiger partial charge in [-0.25, -0.2) is 4.98 Å². The molecule has 0 saturated heterocycles. The van der Waals surface area contributed by atoms with Crippen LogP contribution in [-0.4, -0.2) is 47.0 Å². The number of anilines is 4. The summed E-state index contributed by atoms with van der Waals surface area (Å²) in [5, 5.41) is 11.0. The number of hydrogen-bond donors (Lipinski definition) is 0. The van der Waals surface area contributed by atoms with Crippen LogP contribution in [0.5, 0.6) is 0 Å². The molecule has 1 aliphatic carbocycles. The quantitative estimate of drug-likeness (QED) is 0.507. The first-order valence-electron chi connectivity index (χ1n) is 11.2. The van der Waals surface area contributed by atoms with Crippen LogP contribution in [0.1, 0.15) is 46.5 Å². The van der Waals surface area contributed by atoms with Gasteiger partial charge in [0.05, 0.1) is 16.5 Å². The average molecular weight is 439 g/mol. The Kier molecular flexibility index (Phi) is 5.75. The molecule has 0 bridgehead atoms. The third kappa shape index (κ3) is 3.87. The van der Waals surface area contributed by atoms with Crippen molar-refractivity contribution < 1.29 is 9.72 Å². The van der Waals surface area contributed by atoms with Crippen LogP contribution < -0.4 is 14.7 Å². The number of aromatic nitrogens is 2. The summed E-state index contributed by atoms with van der Waals surface area (Å²) in [6.07, 6.45) is 6.28. The largest absolute Gasteiger partial charge is 0.351 e. The van der Waals surface area contributed by atoms with Crippen molar-refractivity contribution in [3.05, 3.63) is 40.6 Å². The molecule has 0 N–H and O–H groups in total. The number of carbonyl (C=O) groups is 1. The van der Waals surface area contributed by atoms with E-state index in [-0.39, 0.29) is 11.6 Å². The molecular weight excluding hydrogens is 408 g/mol. The number of hydrogen-bond acceptors (Lipinski definition) is 7. The summed E-state index contributed by atoms with van der Waals surface area (Å²) < 4.78 is 0. The van der Waals surface area contributed by atoms with E-state index in [1.807, 2.05) is 25.7 Å². The summed E-state index contributed by atoms with van der Waals surface area (Å²) >= 11 is 0. The second-order valence-corrected chi connectivity index (χ2v) is 9.21. The van der Waals surface area contributed by atoms with Gasteiger partial charge in [-0.05, 0) is 45.7 Å². The van der Waals surface area contributed by atoms with Crippen molar-refractivity contribution in [2.45, 2.75) is 52.5 Å². The van der Waals surface area contributed by atoms with Crippen LogP contribution in [-0.2, 0) is 4.79 Å². The van der Waals surface area contributed by atoms with Gasteiger partial charge in [-0.1, -0.05) is 12.8 Å². The number of nitro benzene ring substituents is 1. The Morgan fingerprint density at radius 3 is 2.47 bits per heavy atom. The van der Waals surface area contributed by atoms with Crippen LogP contribution in [0.2, 0.25) is 0 Å². The summed E-state index contributed by atoms with van der Waals surface area (Å²) in [5.74, 6) is 1.35. The summed E-state index contributed by atoms with van der Waals surface area (Å²) in [7, 11) is 1.79. The van der Waals surface area contributed by atoms with Crippen molar-refractivity contribution >= 4 is 34.7 Å². The van der Waals surface area contributed by atoms with E-state index >= 15 is 0 Å². The van der Waals surface area contributed by atoms with E-state index in [4.69, 9.17) is 4.98 Å². The van der Waals surface area contributed by atoms with Crippen molar-refractivity contribution in [3.63, 3.8) is 0 Å². The molecule has 1 amide bonds. The lowest BCUT2D eigenvalue weighted by molar-refractivity contribution is -0.384. The van der Waals surface area contributed by atoms with E-state index in [1.165, 1.54) is 25.0 Å². The number of rotatable bonds is 5. The van der Waals surface area contributed by atoms with Crippen LogP contribution in [0.3, 0.4) is 0 Å². The van der Waals surface area contributed by atoms with E-state index in [2.05, 4.69) is 9.88 Å². The fraction of sp³-hybridized carbons (Fsp3) is 0.522. The van der Waals surface area contributed by atoms with Crippen LogP contribution in [0, 0.1) is 15.5 Å². The van der Waals surface area contributed by atoms with Gasteiger partial charge >= 0.3 is 0 Å². The van der Waals surface area contributed by atoms with Crippen molar-refractivity contribution in [3.8, 4) is 0 Å². The van der Waals surface area contributed by atoms with Gasteiger partial charge in [0.15, 0.2) is 5.82 Å². The van der Waals surface area contributed by atoms with Crippen molar-refractivity contribution in [1.82, 2.24) is 9.97 Å². The molecule has 0 spiro atoms. The summed E-state index contributed by atoms with van der Waals surface area (Å²) in [6.45, 7) is 7.17. The smallest absolute Gasteiger partial charge is 0.269 e. The Labute approximate surface area is 188 Å². The Morgan fingerprint density at radius 1 is 1.22 bits per heavy atom. The van der Waals surface area contributed by atoms with Gasteiger partial charge in [-0.15, -0.1) is 0 Å². The zero-order valence-electron chi connectivity index (χ0n) is 19.1. The minimum absolute atomic E-state index is 0.0439. The van der Waals surface area contributed by atoms with Crippen LogP contribution in [0.25, 0.3) is 0 Å². The standard InChI is InChI=1S/C23H30N6O3/c1-5-27(17-10-12-18(13-11-17)29(31)32)22-24-14-19-20(25-22)28(16-8-6-7-9-16)15-23(2,3)21(30)26(19)4/h10-14,16H,5-9,15H2,1-4H3. The fourth-order valence-electron chi connectivity index (χ4n) is 4.78. The molecule has 2 aliphatic rings. The number of benzene rings is 1. The molecule has 2 heterocycles. The van der Waals surface area contributed by atoms with Gasteiger partial charge in [0.2, 0.25) is 11.9 Å². The minimum Gasteiger partial charge on any atom is -0.351 e. The number of nitrogens with zero attached hydrogens (tertiary/aromatic N) is 6. The first kappa shape index (κ1) is 22.0. The van der Waals surface area contributed by atoms with Gasteiger partial charge in [0, 0.05) is 44.0 Å². The highest BCUT2D eigenvalue weighted by molar-refractivity contribution is 6.00. The van der Waals surface area contributed by atoms with Gasteiger partial charge in [0.1, 0.15) is 5.69 Å². The Morgan fingerprint density at radius 2 is 1.88 bits per heavy atom. The number of nitro groups is 1. The topological polar surface area (TPSA) is 95.7 Å². The zero-order valence-corrected chi connectivity index (χ0v) is 19.1. The number of amides is 1. The van der Waals surface area contributed by atoms with E-state index in [0.29, 0.717) is 25.1 Å². The maximum atomic E-state index is 13.2. The average Bonchev–Trinajstić information content (AvgIpc) is 3.30. The number of non-ortho nitro benzene ring substituents is 1. The van der Waals surface area contributed by atoms with E-state index < -0.39 is 10.3 Å². The molecule has 0 atom stereocenters. The summed E-state index contributed by atoms with van der Waals surface area (Å²) in [6, 6.07) is 6.75. The predicted molar refractivity (Wildman–Crippen MR) is 125 cm³/mol. The first-order chi connectivity index (χ1) is 15.2. The van der Waals surface area contributed by atoms with E-state index in [0.717, 1.165) is 30.0 Å². The van der Waals surface area contributed by atoms with Crippen LogP contribution >= 0.6 is 0 Å². The molecule has 2 aromatic rings. The highest BCUT2D eigenvalue weighted by Gasteiger charge is 2.41. The predicted octanol–water partition coefficient (Wildman–Crippen LogP) is 4.29. The van der Waals surface area contributed by atoms with Crippen molar-refractivity contribution in [2.75, 3.05) is 34.8 Å². The summed E-state index contributed by atoms with van der Waals surface area (Å²) in [5.41, 5.74) is 1.00. The van der Waals surface area contributed by atoms with E-state index in [1.54, 1.807) is 30.3 Å². The lowest BCUT2D eigenvalue weighted by atomic mass is 9.91. The second-order valence-electron chi connectivity index (χ2n) is 9.21. The van der Waals surface area contributed by atoms with Gasteiger partial charge in [0.25, 0.3) is 5.69 Å². The highest BCUT2D eigenvalue weighted by atomic mass is 16.6. The van der Waals surface area contributed by atoms with Crippen LogP contribution in [0.4, 0.5) is 28.8 Å². The maximum absolute atomic E-state index is 13.2. The lowest BCUT2D eigenvalue weighted by Gasteiger charge is -2.34. The van der Waals surface area contributed by atoms with Crippen molar-refractivity contribution in [1.29, 1.82) is 0 Å². The Hall–Kier alpha value is -3.23. The Balaban J connectivity index is 1.78. The molecule has 9 nitrogen and oxygen atoms in total. The van der Waals surface area contributed by atoms with E-state index in [9.17, 15) is 14.9 Å². The summed E-state index contributed by atoms with van der Waals surface area (Å²) in [4.78, 5) is 39.2. The minimum atomic E-state index is -0.541. The maximum Gasteiger partial charge on any atom is 0.269 e. The SMILES string of the molecule is CCN(c1ccc([N+](=O)[O-])cc1)c1ncc2c(n1)N(C1CCCC1)CC(C)(C)C(=O)N2C. The normalized spacial score (nSPS) is 18.4. The van der Waals surface area contributed by atoms with Gasteiger partial charge < -0.3 is 14.7 Å². The monoisotopic (exact) mass is 438 g/mol. The second kappa shape index (κ2) is 8.37. The molecule has 1 fully saturated rings. The molecule has 1 saturated carbocycles. The highest BCUT2D eigenvalue weighted by Crippen LogP contribution is 2.41. The molecule has 9 heteroatoms. The molecular formula is C23H30N6O3. The number of carbonyl (C=O) groups excluding carboxylic acids is 1. The third-order valence-electron chi connectivity index (χ3n) is 6.52. The lowest BCUT2D eigenvalue weighted by Crippen LogP contribution is -2.45. The molecule has 0 radical (unpaired) electrons. The molecule has 32 heavy (non-hydrogen) atoms. The third-order valence-corrected chi connectivity index (χ3v) is 6.52. The molecule has 1 aromatic carbocycles. The fourth-order valence-corrected chi connectivity index (χ4v) is 4.78. The molecule has 0 unspecified atom stereocenters. The van der Waals surface area contributed by atoms with Crippen molar-refractivity contribution in [2.24, 2.45) is 5.41 Å². The molecule has 1 aromatic heterocycles. The zero-order chi connectivity index (χ0) is 23.0. The first-order valence-corrected chi connectivity index (χ1v) is 11.2.